The third-order valence-corrected chi connectivity index (χ3v) is 3.55. The number of nitrogens with zero attached hydrogens (tertiary/aromatic N) is 2. The second kappa shape index (κ2) is 5.79. The molecule has 1 N–H and O–H groups in total. The molecule has 4 heteroatoms. The molecular formula is C17H17N3O. The van der Waals surface area contributed by atoms with Gasteiger partial charge in [0.1, 0.15) is 0 Å². The van der Waals surface area contributed by atoms with Gasteiger partial charge in [-0.15, -0.1) is 0 Å². The van der Waals surface area contributed by atoms with Crippen molar-refractivity contribution in [1.29, 1.82) is 0 Å². The van der Waals surface area contributed by atoms with Crippen LogP contribution in [0.25, 0.3) is 11.0 Å². The molecule has 21 heavy (non-hydrogen) atoms. The van der Waals surface area contributed by atoms with E-state index >= 15 is 0 Å². The van der Waals surface area contributed by atoms with Crippen LogP contribution in [0.4, 0.5) is 0 Å². The van der Waals surface area contributed by atoms with Crippen LogP contribution in [0.5, 0.6) is 0 Å². The van der Waals surface area contributed by atoms with Crippen molar-refractivity contribution in [2.45, 2.75) is 13.5 Å². The summed E-state index contributed by atoms with van der Waals surface area (Å²) in [6.07, 6.45) is 1.64. The maximum Gasteiger partial charge on any atom is 0.254 e. The molecule has 0 saturated heterocycles. The van der Waals surface area contributed by atoms with Gasteiger partial charge in [0.25, 0.3) is 5.91 Å². The molecule has 0 atom stereocenters. The molecule has 1 amide bonds. The molecule has 0 fully saturated rings. The summed E-state index contributed by atoms with van der Waals surface area (Å²) in [5.74, 6) is 0.0397. The van der Waals surface area contributed by atoms with Gasteiger partial charge in [0, 0.05) is 18.7 Å². The van der Waals surface area contributed by atoms with Crippen molar-refractivity contribution in [3.8, 4) is 0 Å². The van der Waals surface area contributed by atoms with Gasteiger partial charge in [0.05, 0.1) is 17.4 Å². The van der Waals surface area contributed by atoms with Gasteiger partial charge < -0.3 is 9.88 Å². The van der Waals surface area contributed by atoms with E-state index < -0.39 is 0 Å². The summed E-state index contributed by atoms with van der Waals surface area (Å²) < 4.78 is 0. The molecule has 2 aromatic carbocycles. The number of hydrogen-bond acceptors (Lipinski definition) is 2. The molecule has 106 valence electrons. The summed E-state index contributed by atoms with van der Waals surface area (Å²) in [6, 6.07) is 15.6. The fraction of sp³-hybridized carbons (Fsp3) is 0.176. The number of nitrogens with one attached hydrogen (secondary N) is 1. The van der Waals surface area contributed by atoms with Gasteiger partial charge in [-0.05, 0) is 30.7 Å². The Labute approximate surface area is 123 Å². The van der Waals surface area contributed by atoms with Gasteiger partial charge in [-0.3, -0.25) is 4.79 Å². The van der Waals surface area contributed by atoms with Gasteiger partial charge in [0.15, 0.2) is 0 Å². The maximum absolute atomic E-state index is 12.6. The number of hydrogen-bond donors (Lipinski definition) is 1. The highest BCUT2D eigenvalue weighted by atomic mass is 16.2. The summed E-state index contributed by atoms with van der Waals surface area (Å²) in [4.78, 5) is 21.7. The van der Waals surface area contributed by atoms with E-state index in [0.29, 0.717) is 18.7 Å². The van der Waals surface area contributed by atoms with Crippen LogP contribution in [0.1, 0.15) is 22.8 Å². The highest BCUT2D eigenvalue weighted by Gasteiger charge is 2.15. The number of imidazole rings is 1. The summed E-state index contributed by atoms with van der Waals surface area (Å²) in [6.45, 7) is 3.29. The van der Waals surface area contributed by atoms with Crippen molar-refractivity contribution in [2.75, 3.05) is 6.54 Å². The number of carbonyl (C=O) groups excluding carboxylic acids is 1. The SMILES string of the molecule is CCN(Cc1ccccc1)C(=O)c1ccc2nc[nH]c2c1. The van der Waals surface area contributed by atoms with E-state index in [0.717, 1.165) is 16.6 Å². The zero-order chi connectivity index (χ0) is 14.7. The smallest absolute Gasteiger partial charge is 0.254 e. The van der Waals surface area contributed by atoms with Crippen molar-refractivity contribution in [3.05, 3.63) is 66.0 Å². The molecular weight excluding hydrogens is 262 g/mol. The Balaban J connectivity index is 1.84. The number of fused-ring (bicyclic) bond motifs is 1. The fourth-order valence-electron chi connectivity index (χ4n) is 2.38. The van der Waals surface area contributed by atoms with Crippen LogP contribution in [-0.2, 0) is 6.54 Å². The Hall–Kier alpha value is -2.62. The molecule has 4 nitrogen and oxygen atoms in total. The van der Waals surface area contributed by atoms with Gasteiger partial charge >= 0.3 is 0 Å². The Kier molecular flexibility index (Phi) is 3.69. The number of aromatic amines is 1. The second-order valence-electron chi connectivity index (χ2n) is 4.94. The van der Waals surface area contributed by atoms with E-state index in [1.807, 2.05) is 60.4 Å². The minimum absolute atomic E-state index is 0.0397. The van der Waals surface area contributed by atoms with E-state index in [2.05, 4.69) is 9.97 Å². The Bertz CT molecular complexity index is 749. The first-order valence-electron chi connectivity index (χ1n) is 7.04. The number of H-pyrrole nitrogens is 1. The summed E-state index contributed by atoms with van der Waals surface area (Å²) >= 11 is 0. The molecule has 3 rings (SSSR count). The molecule has 0 unspecified atom stereocenters. The Morgan fingerprint density at radius 2 is 2.00 bits per heavy atom. The van der Waals surface area contributed by atoms with Crippen LogP contribution < -0.4 is 0 Å². The van der Waals surface area contributed by atoms with E-state index in [1.54, 1.807) is 6.33 Å². The lowest BCUT2D eigenvalue weighted by atomic mass is 10.1. The Morgan fingerprint density at radius 1 is 1.19 bits per heavy atom. The van der Waals surface area contributed by atoms with Gasteiger partial charge in [-0.1, -0.05) is 30.3 Å². The normalized spacial score (nSPS) is 10.7. The summed E-state index contributed by atoms with van der Waals surface area (Å²) in [5.41, 5.74) is 3.58. The van der Waals surface area contributed by atoms with E-state index in [1.165, 1.54) is 0 Å². The lowest BCUT2D eigenvalue weighted by molar-refractivity contribution is 0.0752. The molecule has 0 saturated carbocycles. The third kappa shape index (κ3) is 2.79. The molecule has 1 aromatic heterocycles. The average Bonchev–Trinajstić information content (AvgIpc) is 3.00. The first-order valence-corrected chi connectivity index (χ1v) is 7.04. The van der Waals surface area contributed by atoms with Crippen molar-refractivity contribution in [1.82, 2.24) is 14.9 Å². The van der Waals surface area contributed by atoms with Crippen LogP contribution in [-0.4, -0.2) is 27.3 Å². The summed E-state index contributed by atoms with van der Waals surface area (Å²) in [5, 5.41) is 0. The summed E-state index contributed by atoms with van der Waals surface area (Å²) in [7, 11) is 0. The van der Waals surface area contributed by atoms with Crippen LogP contribution in [0, 0.1) is 0 Å². The highest BCUT2D eigenvalue weighted by Crippen LogP contribution is 2.15. The fourth-order valence-corrected chi connectivity index (χ4v) is 2.38. The van der Waals surface area contributed by atoms with Gasteiger partial charge in [-0.25, -0.2) is 4.98 Å². The molecule has 1 heterocycles. The Morgan fingerprint density at radius 3 is 2.76 bits per heavy atom. The standard InChI is InChI=1S/C17H17N3O/c1-2-20(11-13-6-4-3-5-7-13)17(21)14-8-9-15-16(10-14)19-12-18-15/h3-10,12H,2,11H2,1H3,(H,18,19). The van der Waals surface area contributed by atoms with Gasteiger partial charge in [0.2, 0.25) is 0 Å². The van der Waals surface area contributed by atoms with Crippen molar-refractivity contribution >= 4 is 16.9 Å². The quantitative estimate of drug-likeness (QED) is 0.797. The molecule has 0 bridgehead atoms. The molecule has 3 aromatic rings. The predicted octanol–water partition coefficient (Wildman–Crippen LogP) is 3.23. The highest BCUT2D eigenvalue weighted by molar-refractivity contribution is 5.97. The zero-order valence-electron chi connectivity index (χ0n) is 11.9. The molecule has 0 spiro atoms. The van der Waals surface area contributed by atoms with Gasteiger partial charge in [-0.2, -0.15) is 0 Å². The van der Waals surface area contributed by atoms with E-state index in [9.17, 15) is 4.79 Å². The zero-order valence-corrected chi connectivity index (χ0v) is 11.9. The minimum atomic E-state index is 0.0397. The molecule has 0 radical (unpaired) electrons. The predicted molar refractivity (Wildman–Crippen MR) is 83.0 cm³/mol. The number of benzene rings is 2. The van der Waals surface area contributed by atoms with Crippen molar-refractivity contribution < 1.29 is 4.79 Å². The molecule has 0 aliphatic carbocycles. The topological polar surface area (TPSA) is 49.0 Å². The van der Waals surface area contributed by atoms with E-state index in [-0.39, 0.29) is 5.91 Å². The van der Waals surface area contributed by atoms with Crippen LogP contribution in [0.2, 0.25) is 0 Å². The first kappa shape index (κ1) is 13.4. The first-order chi connectivity index (χ1) is 10.3. The third-order valence-electron chi connectivity index (χ3n) is 3.55. The average molecular weight is 279 g/mol. The lowest BCUT2D eigenvalue weighted by Gasteiger charge is -2.21. The molecule has 0 aliphatic heterocycles. The van der Waals surface area contributed by atoms with Crippen molar-refractivity contribution in [2.24, 2.45) is 0 Å². The van der Waals surface area contributed by atoms with E-state index in [4.69, 9.17) is 0 Å². The largest absolute Gasteiger partial charge is 0.345 e. The minimum Gasteiger partial charge on any atom is -0.345 e. The van der Waals surface area contributed by atoms with Crippen molar-refractivity contribution in [3.63, 3.8) is 0 Å². The monoisotopic (exact) mass is 279 g/mol. The number of rotatable bonds is 4. The number of amides is 1. The second-order valence-corrected chi connectivity index (χ2v) is 4.94. The number of aromatic nitrogens is 2. The number of carbonyl (C=O) groups is 1. The lowest BCUT2D eigenvalue weighted by Crippen LogP contribution is -2.30. The maximum atomic E-state index is 12.6. The van der Waals surface area contributed by atoms with Crippen LogP contribution in [0.3, 0.4) is 0 Å². The van der Waals surface area contributed by atoms with Crippen LogP contribution >= 0.6 is 0 Å². The van der Waals surface area contributed by atoms with Crippen LogP contribution in [0.15, 0.2) is 54.9 Å². The molecule has 0 aliphatic rings.